The Balaban J connectivity index is 1.58. The third-order valence-corrected chi connectivity index (χ3v) is 5.26. The molecule has 0 N–H and O–H groups in total. The van der Waals surface area contributed by atoms with Crippen molar-refractivity contribution in [1.29, 1.82) is 0 Å². The van der Waals surface area contributed by atoms with Gasteiger partial charge in [-0.1, -0.05) is 0 Å². The van der Waals surface area contributed by atoms with Crippen LogP contribution in [-0.2, 0) is 33.6 Å². The van der Waals surface area contributed by atoms with Gasteiger partial charge in [-0.05, 0) is 55.4 Å². The molecular formula is C19H21NO4. The van der Waals surface area contributed by atoms with Crippen LogP contribution in [-0.4, -0.2) is 36.5 Å². The van der Waals surface area contributed by atoms with Gasteiger partial charge >= 0.3 is 5.97 Å². The summed E-state index contributed by atoms with van der Waals surface area (Å²) in [4.78, 5) is 26.2. The lowest BCUT2D eigenvalue weighted by Crippen LogP contribution is -2.41. The highest BCUT2D eigenvalue weighted by Crippen LogP contribution is 2.31. The molecule has 1 aliphatic heterocycles. The molecule has 1 aliphatic carbocycles. The van der Waals surface area contributed by atoms with Crippen molar-refractivity contribution in [2.24, 2.45) is 0 Å². The number of carbonyl (C=O) groups is 2. The summed E-state index contributed by atoms with van der Waals surface area (Å²) in [7, 11) is 1.37. The highest BCUT2D eigenvalue weighted by molar-refractivity contribution is 5.91. The molecule has 5 heteroatoms. The fraction of sp³-hybridized carbons (Fsp3) is 0.474. The van der Waals surface area contributed by atoms with Crippen molar-refractivity contribution in [1.82, 2.24) is 4.90 Å². The molecule has 2 aromatic rings. The maximum atomic E-state index is 12.7. The Morgan fingerprint density at radius 3 is 2.83 bits per heavy atom. The average molecular weight is 327 g/mol. The zero-order valence-corrected chi connectivity index (χ0v) is 13.8. The SMILES string of the molecule is COC(=O)C1CCCN1C(=O)Cc1coc2cc3c(cc12)CCC3. The van der Waals surface area contributed by atoms with E-state index in [1.807, 2.05) is 0 Å². The monoisotopic (exact) mass is 327 g/mol. The van der Waals surface area contributed by atoms with Gasteiger partial charge in [0.2, 0.25) is 5.91 Å². The summed E-state index contributed by atoms with van der Waals surface area (Å²) in [6.45, 7) is 0.615. The second kappa shape index (κ2) is 5.96. The molecule has 2 heterocycles. The van der Waals surface area contributed by atoms with Gasteiger partial charge in [0.05, 0.1) is 19.8 Å². The van der Waals surface area contributed by atoms with Gasteiger partial charge in [-0.3, -0.25) is 4.79 Å². The molecule has 1 unspecified atom stereocenters. The van der Waals surface area contributed by atoms with Crippen LogP contribution in [0.5, 0.6) is 0 Å². The van der Waals surface area contributed by atoms with E-state index in [1.54, 1.807) is 11.2 Å². The Labute approximate surface area is 140 Å². The lowest BCUT2D eigenvalue weighted by atomic mass is 10.0. The molecule has 1 fully saturated rings. The smallest absolute Gasteiger partial charge is 0.328 e. The summed E-state index contributed by atoms with van der Waals surface area (Å²) < 4.78 is 10.5. The van der Waals surface area contributed by atoms with E-state index in [1.165, 1.54) is 24.7 Å². The number of esters is 1. The number of likely N-dealkylation sites (tertiary alicyclic amines) is 1. The lowest BCUT2D eigenvalue weighted by Gasteiger charge is -2.22. The molecule has 4 rings (SSSR count). The molecule has 1 saturated heterocycles. The van der Waals surface area contributed by atoms with Crippen LogP contribution in [0, 0.1) is 0 Å². The third-order valence-electron chi connectivity index (χ3n) is 5.26. The van der Waals surface area contributed by atoms with Crippen LogP contribution < -0.4 is 0 Å². The van der Waals surface area contributed by atoms with E-state index in [0.717, 1.165) is 35.8 Å². The Hall–Kier alpha value is -2.30. The van der Waals surface area contributed by atoms with Crippen LogP contribution in [0.25, 0.3) is 11.0 Å². The first-order valence-corrected chi connectivity index (χ1v) is 8.56. The van der Waals surface area contributed by atoms with Crippen LogP contribution in [0.1, 0.15) is 36.0 Å². The third kappa shape index (κ3) is 2.48. The predicted molar refractivity (Wildman–Crippen MR) is 88.7 cm³/mol. The minimum atomic E-state index is -0.440. The number of furan rings is 1. The number of hydrogen-bond acceptors (Lipinski definition) is 4. The molecule has 0 spiro atoms. The standard InChI is InChI=1S/C19H21NO4/c1-23-19(22)16-6-3-7-20(16)18(21)10-14-11-24-17-9-13-5-2-4-12(13)8-15(14)17/h8-9,11,16H,2-7,10H2,1H3. The number of ether oxygens (including phenoxy) is 1. The molecule has 126 valence electrons. The second-order valence-corrected chi connectivity index (χ2v) is 6.68. The maximum absolute atomic E-state index is 12.7. The first-order chi connectivity index (χ1) is 11.7. The van der Waals surface area contributed by atoms with Gasteiger partial charge in [-0.15, -0.1) is 0 Å². The van der Waals surface area contributed by atoms with Crippen LogP contribution >= 0.6 is 0 Å². The maximum Gasteiger partial charge on any atom is 0.328 e. The topological polar surface area (TPSA) is 59.8 Å². The first-order valence-electron chi connectivity index (χ1n) is 8.56. The molecule has 0 saturated carbocycles. The normalized spacial score (nSPS) is 19.7. The highest BCUT2D eigenvalue weighted by atomic mass is 16.5. The molecule has 0 radical (unpaired) electrons. The number of carbonyl (C=O) groups excluding carboxylic acids is 2. The summed E-state index contributed by atoms with van der Waals surface area (Å²) in [5.41, 5.74) is 4.48. The predicted octanol–water partition coefficient (Wildman–Crippen LogP) is 2.63. The molecule has 0 bridgehead atoms. The first kappa shape index (κ1) is 15.2. The van der Waals surface area contributed by atoms with Crippen molar-refractivity contribution in [3.05, 3.63) is 35.1 Å². The number of aryl methyl sites for hydroxylation is 2. The summed E-state index contributed by atoms with van der Waals surface area (Å²) in [6.07, 6.45) is 6.85. The van der Waals surface area contributed by atoms with Crippen LogP contribution in [0.15, 0.2) is 22.8 Å². The fourth-order valence-electron chi connectivity index (χ4n) is 4.00. The van der Waals surface area contributed by atoms with Gasteiger partial charge in [-0.25, -0.2) is 4.79 Å². The summed E-state index contributed by atoms with van der Waals surface area (Å²) in [6, 6.07) is 3.84. The summed E-state index contributed by atoms with van der Waals surface area (Å²) >= 11 is 0. The second-order valence-electron chi connectivity index (χ2n) is 6.68. The number of fused-ring (bicyclic) bond motifs is 2. The molecule has 1 aromatic carbocycles. The minimum Gasteiger partial charge on any atom is -0.467 e. The van der Waals surface area contributed by atoms with Crippen molar-refractivity contribution in [3.63, 3.8) is 0 Å². The molecule has 5 nitrogen and oxygen atoms in total. The van der Waals surface area contributed by atoms with Crippen molar-refractivity contribution < 1.29 is 18.7 Å². The number of methoxy groups -OCH3 is 1. The minimum absolute atomic E-state index is 0.0360. The number of nitrogens with zero attached hydrogens (tertiary/aromatic N) is 1. The number of hydrogen-bond donors (Lipinski definition) is 0. The van der Waals surface area contributed by atoms with E-state index >= 15 is 0 Å². The van der Waals surface area contributed by atoms with E-state index in [9.17, 15) is 9.59 Å². The van der Waals surface area contributed by atoms with Crippen molar-refractivity contribution in [2.75, 3.05) is 13.7 Å². The zero-order chi connectivity index (χ0) is 16.7. The van der Waals surface area contributed by atoms with E-state index < -0.39 is 6.04 Å². The number of benzene rings is 1. The van der Waals surface area contributed by atoms with Crippen LogP contribution in [0.3, 0.4) is 0 Å². The van der Waals surface area contributed by atoms with Crippen molar-refractivity contribution >= 4 is 22.8 Å². The number of rotatable bonds is 3. The lowest BCUT2D eigenvalue weighted by molar-refractivity contribution is -0.150. The fourth-order valence-corrected chi connectivity index (χ4v) is 4.00. The van der Waals surface area contributed by atoms with Gasteiger partial charge in [-0.2, -0.15) is 0 Å². The van der Waals surface area contributed by atoms with Crippen LogP contribution in [0.4, 0.5) is 0 Å². The largest absolute Gasteiger partial charge is 0.467 e. The Morgan fingerprint density at radius 1 is 1.25 bits per heavy atom. The van der Waals surface area contributed by atoms with Gasteiger partial charge in [0.25, 0.3) is 0 Å². The van der Waals surface area contributed by atoms with Gasteiger partial charge in [0, 0.05) is 17.5 Å². The molecule has 2 aliphatic rings. The molecule has 1 amide bonds. The zero-order valence-electron chi connectivity index (χ0n) is 13.8. The van der Waals surface area contributed by atoms with Gasteiger partial charge < -0.3 is 14.1 Å². The molecular weight excluding hydrogens is 306 g/mol. The Bertz CT molecular complexity index is 807. The van der Waals surface area contributed by atoms with E-state index in [-0.39, 0.29) is 18.3 Å². The average Bonchev–Trinajstić information content (AvgIpc) is 3.31. The van der Waals surface area contributed by atoms with E-state index in [2.05, 4.69) is 12.1 Å². The summed E-state index contributed by atoms with van der Waals surface area (Å²) in [5, 5.41) is 1.03. The molecule has 24 heavy (non-hydrogen) atoms. The van der Waals surface area contributed by atoms with Gasteiger partial charge in [0.1, 0.15) is 11.6 Å². The number of amides is 1. The molecule has 1 atom stereocenters. The van der Waals surface area contributed by atoms with Gasteiger partial charge in [0.15, 0.2) is 0 Å². The van der Waals surface area contributed by atoms with Crippen LogP contribution in [0.2, 0.25) is 0 Å². The van der Waals surface area contributed by atoms with E-state index in [4.69, 9.17) is 9.15 Å². The quantitative estimate of drug-likeness (QED) is 0.813. The Morgan fingerprint density at radius 2 is 2.04 bits per heavy atom. The Kier molecular flexibility index (Phi) is 3.79. The molecule has 1 aromatic heterocycles. The summed E-state index contributed by atoms with van der Waals surface area (Å²) in [5.74, 6) is -0.359. The van der Waals surface area contributed by atoms with Crippen molar-refractivity contribution in [2.45, 2.75) is 44.6 Å². The van der Waals surface area contributed by atoms with E-state index in [0.29, 0.717) is 13.0 Å². The van der Waals surface area contributed by atoms with Crippen molar-refractivity contribution in [3.8, 4) is 0 Å². The highest BCUT2D eigenvalue weighted by Gasteiger charge is 2.35.